The summed E-state index contributed by atoms with van der Waals surface area (Å²) in [6.07, 6.45) is 1.32. The van der Waals surface area contributed by atoms with E-state index < -0.39 is 0 Å². The van der Waals surface area contributed by atoms with E-state index in [0.717, 1.165) is 6.04 Å². The van der Waals surface area contributed by atoms with E-state index in [4.69, 9.17) is 0 Å². The van der Waals surface area contributed by atoms with E-state index >= 15 is 0 Å². The number of nitrogens with one attached hydrogen (secondary N) is 1. The van der Waals surface area contributed by atoms with Crippen molar-refractivity contribution in [1.82, 2.24) is 20.0 Å². The molecule has 0 bridgehead atoms. The molecule has 0 spiro atoms. The largest absolute Gasteiger partial charge is 0.316 e. The Labute approximate surface area is 99.6 Å². The quantitative estimate of drug-likeness (QED) is 0.699. The van der Waals surface area contributed by atoms with Crippen LogP contribution in [0.15, 0.2) is 0 Å². The summed E-state index contributed by atoms with van der Waals surface area (Å²) in [4.78, 5) is 7.62. The van der Waals surface area contributed by atoms with Gasteiger partial charge in [0.1, 0.15) is 0 Å². The van der Waals surface area contributed by atoms with E-state index in [1.807, 2.05) is 0 Å². The van der Waals surface area contributed by atoms with Gasteiger partial charge in [0.25, 0.3) is 0 Å². The molecule has 2 fully saturated rings. The van der Waals surface area contributed by atoms with Gasteiger partial charge in [-0.3, -0.25) is 4.90 Å². The SMILES string of the molecule is CNC1CCN(CCN2CCN(C)CC2)C1. The molecular formula is C12H26N4. The number of likely N-dealkylation sites (tertiary alicyclic amines) is 1. The maximum absolute atomic E-state index is 3.38. The van der Waals surface area contributed by atoms with Gasteiger partial charge < -0.3 is 15.1 Å². The Kier molecular flexibility index (Phi) is 4.58. The number of likely N-dealkylation sites (N-methyl/N-ethyl adjacent to an activating group) is 2. The molecule has 0 amide bonds. The molecule has 0 radical (unpaired) electrons. The molecule has 4 nitrogen and oxygen atoms in total. The first-order valence-electron chi connectivity index (χ1n) is 6.58. The fourth-order valence-corrected chi connectivity index (χ4v) is 2.63. The lowest BCUT2D eigenvalue weighted by Crippen LogP contribution is -2.46. The van der Waals surface area contributed by atoms with Gasteiger partial charge in [-0.1, -0.05) is 0 Å². The Bertz CT molecular complexity index is 199. The molecule has 2 saturated heterocycles. The summed E-state index contributed by atoms with van der Waals surface area (Å²) >= 11 is 0. The average molecular weight is 226 g/mol. The third-order valence-corrected chi connectivity index (χ3v) is 4.01. The first-order valence-corrected chi connectivity index (χ1v) is 6.58. The minimum absolute atomic E-state index is 0.729. The molecule has 2 aliphatic heterocycles. The molecule has 1 unspecified atom stereocenters. The fourth-order valence-electron chi connectivity index (χ4n) is 2.63. The summed E-state index contributed by atoms with van der Waals surface area (Å²) in [5.74, 6) is 0. The van der Waals surface area contributed by atoms with Gasteiger partial charge in [0.2, 0.25) is 0 Å². The minimum Gasteiger partial charge on any atom is -0.316 e. The Balaban J connectivity index is 1.61. The van der Waals surface area contributed by atoms with Crippen LogP contribution in [0.25, 0.3) is 0 Å². The van der Waals surface area contributed by atoms with E-state index in [9.17, 15) is 0 Å². The Morgan fingerprint density at radius 2 is 1.69 bits per heavy atom. The van der Waals surface area contributed by atoms with Crippen LogP contribution in [0, 0.1) is 0 Å². The monoisotopic (exact) mass is 226 g/mol. The van der Waals surface area contributed by atoms with Gasteiger partial charge in [0.15, 0.2) is 0 Å². The second-order valence-corrected chi connectivity index (χ2v) is 5.22. The zero-order valence-electron chi connectivity index (χ0n) is 10.8. The predicted molar refractivity (Wildman–Crippen MR) is 67.8 cm³/mol. The molecule has 0 saturated carbocycles. The van der Waals surface area contributed by atoms with Crippen molar-refractivity contribution in [3.63, 3.8) is 0 Å². The van der Waals surface area contributed by atoms with Gasteiger partial charge in [-0.2, -0.15) is 0 Å². The molecule has 2 heterocycles. The lowest BCUT2D eigenvalue weighted by atomic mass is 10.3. The highest BCUT2D eigenvalue weighted by molar-refractivity contribution is 4.80. The fraction of sp³-hybridized carbons (Fsp3) is 1.00. The van der Waals surface area contributed by atoms with Crippen molar-refractivity contribution in [1.29, 1.82) is 0 Å². The van der Waals surface area contributed by atoms with Gasteiger partial charge in [0.05, 0.1) is 0 Å². The van der Waals surface area contributed by atoms with Crippen LogP contribution in [0.3, 0.4) is 0 Å². The Morgan fingerprint density at radius 1 is 1.00 bits per heavy atom. The highest BCUT2D eigenvalue weighted by Gasteiger charge is 2.21. The van der Waals surface area contributed by atoms with Crippen molar-refractivity contribution >= 4 is 0 Å². The smallest absolute Gasteiger partial charge is 0.0204 e. The van der Waals surface area contributed by atoms with E-state index in [1.54, 1.807) is 0 Å². The number of hydrogen-bond acceptors (Lipinski definition) is 4. The molecule has 1 atom stereocenters. The molecular weight excluding hydrogens is 200 g/mol. The predicted octanol–water partition coefficient (Wildman–Crippen LogP) is -0.472. The summed E-state index contributed by atoms with van der Waals surface area (Å²) < 4.78 is 0. The molecule has 0 aromatic heterocycles. The summed E-state index contributed by atoms with van der Waals surface area (Å²) in [5.41, 5.74) is 0. The summed E-state index contributed by atoms with van der Waals surface area (Å²) in [7, 11) is 4.30. The van der Waals surface area contributed by atoms with E-state index in [0.29, 0.717) is 0 Å². The lowest BCUT2D eigenvalue weighted by Gasteiger charge is -2.33. The maximum atomic E-state index is 3.38. The molecule has 0 aliphatic carbocycles. The number of piperazine rings is 1. The number of hydrogen-bond donors (Lipinski definition) is 1. The molecule has 4 heteroatoms. The van der Waals surface area contributed by atoms with Crippen LogP contribution in [0.1, 0.15) is 6.42 Å². The van der Waals surface area contributed by atoms with E-state index in [1.165, 1.54) is 58.8 Å². The standard InChI is InChI=1S/C12H26N4/c1-13-12-3-4-16(11-12)10-9-15-7-5-14(2)6-8-15/h12-13H,3-11H2,1-2H3. The van der Waals surface area contributed by atoms with Crippen LogP contribution in [0.5, 0.6) is 0 Å². The summed E-state index contributed by atoms with van der Waals surface area (Å²) in [5, 5.41) is 3.38. The van der Waals surface area contributed by atoms with Crippen LogP contribution < -0.4 is 5.32 Å². The minimum atomic E-state index is 0.729. The van der Waals surface area contributed by atoms with Crippen molar-refractivity contribution in [2.75, 3.05) is 66.5 Å². The lowest BCUT2D eigenvalue weighted by molar-refractivity contribution is 0.140. The third kappa shape index (κ3) is 3.42. The van der Waals surface area contributed by atoms with Gasteiger partial charge in [-0.05, 0) is 27.1 Å². The van der Waals surface area contributed by atoms with Crippen molar-refractivity contribution in [2.45, 2.75) is 12.5 Å². The summed E-state index contributed by atoms with van der Waals surface area (Å²) in [6.45, 7) is 9.99. The second-order valence-electron chi connectivity index (χ2n) is 5.22. The first kappa shape index (κ1) is 12.3. The second kappa shape index (κ2) is 5.96. The molecule has 1 N–H and O–H groups in total. The molecule has 94 valence electrons. The normalized spacial score (nSPS) is 30.0. The van der Waals surface area contributed by atoms with Gasteiger partial charge in [-0.25, -0.2) is 0 Å². The molecule has 2 aliphatic rings. The average Bonchev–Trinajstić information content (AvgIpc) is 2.76. The van der Waals surface area contributed by atoms with E-state index in [-0.39, 0.29) is 0 Å². The van der Waals surface area contributed by atoms with Gasteiger partial charge in [-0.15, -0.1) is 0 Å². The topological polar surface area (TPSA) is 21.8 Å². The third-order valence-electron chi connectivity index (χ3n) is 4.01. The Morgan fingerprint density at radius 3 is 2.31 bits per heavy atom. The van der Waals surface area contributed by atoms with E-state index in [2.05, 4.69) is 34.1 Å². The van der Waals surface area contributed by atoms with Crippen molar-refractivity contribution in [3.8, 4) is 0 Å². The van der Waals surface area contributed by atoms with Gasteiger partial charge >= 0.3 is 0 Å². The van der Waals surface area contributed by atoms with Gasteiger partial charge in [0, 0.05) is 51.9 Å². The van der Waals surface area contributed by atoms with Crippen LogP contribution in [0.2, 0.25) is 0 Å². The number of rotatable bonds is 4. The van der Waals surface area contributed by atoms with Crippen molar-refractivity contribution < 1.29 is 0 Å². The Hall–Kier alpha value is -0.160. The van der Waals surface area contributed by atoms with Crippen LogP contribution >= 0.6 is 0 Å². The van der Waals surface area contributed by atoms with Crippen molar-refractivity contribution in [2.24, 2.45) is 0 Å². The first-order chi connectivity index (χ1) is 7.78. The highest BCUT2D eigenvalue weighted by Crippen LogP contribution is 2.08. The van der Waals surface area contributed by atoms with Crippen LogP contribution in [-0.2, 0) is 0 Å². The highest BCUT2D eigenvalue weighted by atomic mass is 15.3. The zero-order chi connectivity index (χ0) is 11.4. The summed E-state index contributed by atoms with van der Waals surface area (Å²) in [6, 6.07) is 0.729. The molecule has 16 heavy (non-hydrogen) atoms. The molecule has 0 aromatic rings. The maximum Gasteiger partial charge on any atom is 0.0204 e. The molecule has 2 rings (SSSR count). The molecule has 0 aromatic carbocycles. The van der Waals surface area contributed by atoms with Crippen LogP contribution in [-0.4, -0.2) is 87.2 Å². The van der Waals surface area contributed by atoms with Crippen molar-refractivity contribution in [3.05, 3.63) is 0 Å². The van der Waals surface area contributed by atoms with Crippen LogP contribution in [0.4, 0.5) is 0 Å². The zero-order valence-corrected chi connectivity index (χ0v) is 10.8. The number of nitrogens with zero attached hydrogens (tertiary/aromatic N) is 3.